The highest BCUT2D eigenvalue weighted by Gasteiger charge is 2.06. The van der Waals surface area contributed by atoms with Crippen LogP contribution in [0.2, 0.25) is 0 Å². The fraction of sp³-hybridized carbons (Fsp3) is 0.300. The van der Waals surface area contributed by atoms with Gasteiger partial charge in [0.25, 0.3) is 5.56 Å². The summed E-state index contributed by atoms with van der Waals surface area (Å²) in [5, 5.41) is 4.32. The number of methoxy groups -OCH3 is 1. The number of H-pyrrole nitrogens is 1. The average molecular weight is 268 g/mol. The second-order valence-corrected chi connectivity index (χ2v) is 4.45. The lowest BCUT2D eigenvalue weighted by Gasteiger charge is -1.98. The van der Waals surface area contributed by atoms with Crippen LogP contribution in [0.25, 0.3) is 0 Å². The molecule has 0 aliphatic carbocycles. The topological polar surface area (TPSA) is 107 Å². The molecule has 0 spiro atoms. The molecule has 0 amide bonds. The summed E-state index contributed by atoms with van der Waals surface area (Å²) in [5.41, 5.74) is 5.95. The Morgan fingerprint density at radius 3 is 3.11 bits per heavy atom. The number of aromatic amines is 1. The van der Waals surface area contributed by atoms with Gasteiger partial charge >= 0.3 is 0 Å². The number of aromatic nitrogens is 3. The maximum Gasteiger partial charge on any atom is 0.253 e. The molecule has 2 heterocycles. The van der Waals surface area contributed by atoms with Crippen LogP contribution in [0.15, 0.2) is 26.6 Å². The predicted molar refractivity (Wildman–Crippen MR) is 66.0 cm³/mol. The van der Waals surface area contributed by atoms with Crippen LogP contribution in [0.4, 0.5) is 5.82 Å². The van der Waals surface area contributed by atoms with Crippen LogP contribution >= 0.6 is 11.8 Å². The van der Waals surface area contributed by atoms with Crippen molar-refractivity contribution in [1.29, 1.82) is 0 Å². The molecule has 2 rings (SSSR count). The van der Waals surface area contributed by atoms with Crippen LogP contribution in [-0.2, 0) is 17.1 Å². The maximum atomic E-state index is 11.2. The monoisotopic (exact) mass is 268 g/mol. The summed E-state index contributed by atoms with van der Waals surface area (Å²) < 4.78 is 9.95. The Balaban J connectivity index is 1.99. The fourth-order valence-corrected chi connectivity index (χ4v) is 2.06. The summed E-state index contributed by atoms with van der Waals surface area (Å²) in [5.74, 6) is 1.38. The zero-order chi connectivity index (χ0) is 13.0. The summed E-state index contributed by atoms with van der Waals surface area (Å²) in [4.78, 5) is 17.8. The first kappa shape index (κ1) is 12.7. The Kier molecular flexibility index (Phi) is 4.00. The van der Waals surface area contributed by atoms with Crippen LogP contribution in [0, 0.1) is 0 Å². The van der Waals surface area contributed by atoms with Gasteiger partial charge in [-0.1, -0.05) is 16.9 Å². The van der Waals surface area contributed by atoms with Crippen molar-refractivity contribution in [2.45, 2.75) is 17.5 Å². The normalized spacial score (nSPS) is 10.7. The molecule has 7 nitrogen and oxygen atoms in total. The van der Waals surface area contributed by atoms with E-state index in [9.17, 15) is 4.79 Å². The minimum absolute atomic E-state index is 0.196. The standard InChI is InChI=1S/C10H12N4O3S/c1-16-4-7-2-6(14-17-7)5-18-10-12-8(11)3-9(15)13-10/h2-3H,4-5H2,1H3,(H3,11,12,13,15). The van der Waals surface area contributed by atoms with E-state index in [1.165, 1.54) is 17.8 Å². The van der Waals surface area contributed by atoms with Crippen molar-refractivity contribution in [2.24, 2.45) is 0 Å². The van der Waals surface area contributed by atoms with E-state index >= 15 is 0 Å². The molecule has 3 N–H and O–H groups in total. The Hall–Kier alpha value is -1.80. The third kappa shape index (κ3) is 3.34. The average Bonchev–Trinajstić information content (AvgIpc) is 2.74. The SMILES string of the molecule is COCc1cc(CSc2nc(N)cc(=O)[nH]2)no1. The largest absolute Gasteiger partial charge is 0.383 e. The lowest BCUT2D eigenvalue weighted by molar-refractivity contribution is 0.156. The van der Waals surface area contributed by atoms with E-state index in [1.54, 1.807) is 13.2 Å². The molecule has 0 aliphatic heterocycles. The van der Waals surface area contributed by atoms with Gasteiger partial charge in [-0.15, -0.1) is 0 Å². The van der Waals surface area contributed by atoms with Crippen molar-refractivity contribution >= 4 is 17.6 Å². The Morgan fingerprint density at radius 1 is 1.56 bits per heavy atom. The number of nitrogen functional groups attached to an aromatic ring is 1. The molecule has 0 bridgehead atoms. The Bertz CT molecular complexity index is 580. The van der Waals surface area contributed by atoms with E-state index in [0.29, 0.717) is 23.3 Å². The molecular weight excluding hydrogens is 256 g/mol. The molecule has 0 aromatic carbocycles. The highest BCUT2D eigenvalue weighted by molar-refractivity contribution is 7.98. The fourth-order valence-electron chi connectivity index (χ4n) is 1.30. The number of rotatable bonds is 5. The minimum Gasteiger partial charge on any atom is -0.383 e. The molecular formula is C10H12N4O3S. The first-order valence-corrected chi connectivity index (χ1v) is 6.09. The Morgan fingerprint density at radius 2 is 2.39 bits per heavy atom. The van der Waals surface area contributed by atoms with E-state index in [0.717, 1.165) is 5.69 Å². The quantitative estimate of drug-likeness (QED) is 0.609. The summed E-state index contributed by atoms with van der Waals surface area (Å²) in [6.07, 6.45) is 0. The number of hydrogen-bond donors (Lipinski definition) is 2. The summed E-state index contributed by atoms with van der Waals surface area (Å²) in [6.45, 7) is 0.380. The van der Waals surface area contributed by atoms with Gasteiger partial charge < -0.3 is 20.0 Å². The molecule has 96 valence electrons. The zero-order valence-electron chi connectivity index (χ0n) is 9.67. The highest BCUT2D eigenvalue weighted by atomic mass is 32.2. The van der Waals surface area contributed by atoms with E-state index in [4.69, 9.17) is 15.0 Å². The van der Waals surface area contributed by atoms with Crippen molar-refractivity contribution in [1.82, 2.24) is 15.1 Å². The predicted octanol–water partition coefficient (Wildman–Crippen LogP) is 0.779. The molecule has 0 aliphatic rings. The number of thioether (sulfide) groups is 1. The van der Waals surface area contributed by atoms with Gasteiger partial charge in [0.2, 0.25) is 0 Å². The molecule has 0 atom stereocenters. The van der Waals surface area contributed by atoms with Gasteiger partial charge in [-0.05, 0) is 0 Å². The molecule has 18 heavy (non-hydrogen) atoms. The van der Waals surface area contributed by atoms with Crippen LogP contribution < -0.4 is 11.3 Å². The number of anilines is 1. The van der Waals surface area contributed by atoms with E-state index in [2.05, 4.69) is 15.1 Å². The van der Waals surface area contributed by atoms with Gasteiger partial charge in [0.05, 0.1) is 5.69 Å². The summed E-state index contributed by atoms with van der Waals surface area (Å²) >= 11 is 1.32. The molecule has 8 heteroatoms. The number of nitrogens with one attached hydrogen (secondary N) is 1. The van der Waals surface area contributed by atoms with Gasteiger partial charge in [0.15, 0.2) is 10.9 Å². The van der Waals surface area contributed by atoms with E-state index in [1.807, 2.05) is 0 Å². The zero-order valence-corrected chi connectivity index (χ0v) is 10.5. The van der Waals surface area contributed by atoms with Crippen LogP contribution in [0.3, 0.4) is 0 Å². The highest BCUT2D eigenvalue weighted by Crippen LogP contribution is 2.18. The van der Waals surface area contributed by atoms with Gasteiger partial charge in [-0.3, -0.25) is 4.79 Å². The van der Waals surface area contributed by atoms with Crippen LogP contribution in [0.1, 0.15) is 11.5 Å². The molecule has 0 fully saturated rings. The smallest absolute Gasteiger partial charge is 0.253 e. The number of nitrogens with two attached hydrogens (primary N) is 1. The molecule has 0 radical (unpaired) electrons. The van der Waals surface area contributed by atoms with Gasteiger partial charge in [-0.25, -0.2) is 4.98 Å². The Labute approximate surface area is 107 Å². The van der Waals surface area contributed by atoms with Crippen molar-refractivity contribution < 1.29 is 9.26 Å². The van der Waals surface area contributed by atoms with E-state index in [-0.39, 0.29) is 11.4 Å². The number of ether oxygens (including phenoxy) is 1. The number of hydrogen-bond acceptors (Lipinski definition) is 7. The van der Waals surface area contributed by atoms with Crippen molar-refractivity contribution in [3.63, 3.8) is 0 Å². The van der Waals surface area contributed by atoms with Crippen LogP contribution in [0.5, 0.6) is 0 Å². The number of nitrogens with zero attached hydrogens (tertiary/aromatic N) is 2. The minimum atomic E-state index is -0.273. The van der Waals surface area contributed by atoms with Gasteiger partial charge in [0.1, 0.15) is 12.4 Å². The van der Waals surface area contributed by atoms with Crippen molar-refractivity contribution in [3.8, 4) is 0 Å². The molecule has 2 aromatic rings. The second-order valence-electron chi connectivity index (χ2n) is 3.48. The molecule has 2 aromatic heterocycles. The van der Waals surface area contributed by atoms with Crippen molar-refractivity contribution in [3.05, 3.63) is 33.9 Å². The second kappa shape index (κ2) is 5.69. The summed E-state index contributed by atoms with van der Waals surface area (Å²) in [6, 6.07) is 3.03. The van der Waals surface area contributed by atoms with Crippen molar-refractivity contribution in [2.75, 3.05) is 12.8 Å². The third-order valence-corrected chi connectivity index (χ3v) is 2.90. The maximum absolute atomic E-state index is 11.2. The lowest BCUT2D eigenvalue weighted by Crippen LogP contribution is -2.09. The summed E-state index contributed by atoms with van der Waals surface area (Å²) in [7, 11) is 1.58. The third-order valence-electron chi connectivity index (χ3n) is 1.99. The lowest BCUT2D eigenvalue weighted by atomic mass is 10.4. The molecule has 0 saturated carbocycles. The van der Waals surface area contributed by atoms with Gasteiger partial charge in [0, 0.05) is 25.0 Å². The first-order valence-electron chi connectivity index (χ1n) is 5.10. The molecule has 0 saturated heterocycles. The van der Waals surface area contributed by atoms with Gasteiger partial charge in [-0.2, -0.15) is 0 Å². The molecule has 0 unspecified atom stereocenters. The van der Waals surface area contributed by atoms with Crippen LogP contribution in [-0.4, -0.2) is 22.2 Å². The van der Waals surface area contributed by atoms with E-state index < -0.39 is 0 Å². The first-order chi connectivity index (χ1) is 8.67.